The van der Waals surface area contributed by atoms with Crippen LogP contribution in [0.5, 0.6) is 0 Å². The first kappa shape index (κ1) is 14.8. The smallest absolute Gasteiger partial charge is 0.0502 e. The molecule has 2 nitrogen and oxygen atoms in total. The van der Waals surface area contributed by atoms with Gasteiger partial charge in [-0.1, -0.05) is 42.6 Å². The van der Waals surface area contributed by atoms with Gasteiger partial charge in [-0.2, -0.15) is 0 Å². The molecule has 0 saturated carbocycles. The summed E-state index contributed by atoms with van der Waals surface area (Å²) in [6, 6.07) is 5.44. The van der Waals surface area contributed by atoms with Crippen molar-refractivity contribution in [3.8, 4) is 0 Å². The molecular weight excluding hydrogens is 257 g/mol. The monoisotopic (exact) mass is 275 g/mol. The van der Waals surface area contributed by atoms with E-state index in [1.165, 1.54) is 0 Å². The predicted octanol–water partition coefficient (Wildman–Crippen LogP) is 3.27. The van der Waals surface area contributed by atoms with E-state index >= 15 is 0 Å². The molecule has 0 spiro atoms. The standard InChI is InChI=1S/C13H19Cl2NO/c1-2-5-13(8-16,9-17)7-10-3-4-11(14)6-12(10)15/h3-4,6,17H,2,5,7-9,16H2,1H3. The van der Waals surface area contributed by atoms with Crippen LogP contribution in [0.3, 0.4) is 0 Å². The third kappa shape index (κ3) is 3.85. The largest absolute Gasteiger partial charge is 0.396 e. The molecule has 0 aliphatic carbocycles. The second-order valence-corrected chi connectivity index (χ2v) is 5.37. The van der Waals surface area contributed by atoms with E-state index in [4.69, 9.17) is 28.9 Å². The van der Waals surface area contributed by atoms with Gasteiger partial charge in [0.05, 0.1) is 6.61 Å². The van der Waals surface area contributed by atoms with Crippen LogP contribution in [-0.2, 0) is 6.42 Å². The van der Waals surface area contributed by atoms with Gasteiger partial charge in [-0.05, 0) is 30.5 Å². The van der Waals surface area contributed by atoms with E-state index in [0.29, 0.717) is 23.0 Å². The third-order valence-corrected chi connectivity index (χ3v) is 3.72. The number of hydrogen-bond donors (Lipinski definition) is 2. The van der Waals surface area contributed by atoms with E-state index in [9.17, 15) is 5.11 Å². The van der Waals surface area contributed by atoms with Gasteiger partial charge in [-0.3, -0.25) is 0 Å². The van der Waals surface area contributed by atoms with Crippen LogP contribution in [0.1, 0.15) is 25.3 Å². The maximum atomic E-state index is 9.57. The summed E-state index contributed by atoms with van der Waals surface area (Å²) < 4.78 is 0. The first-order chi connectivity index (χ1) is 8.06. The Labute approximate surface area is 113 Å². The number of benzene rings is 1. The van der Waals surface area contributed by atoms with Gasteiger partial charge in [0.2, 0.25) is 0 Å². The van der Waals surface area contributed by atoms with Gasteiger partial charge in [0.15, 0.2) is 0 Å². The summed E-state index contributed by atoms with van der Waals surface area (Å²) in [4.78, 5) is 0. The molecule has 0 heterocycles. The lowest BCUT2D eigenvalue weighted by Crippen LogP contribution is -2.36. The first-order valence-corrected chi connectivity index (χ1v) is 6.57. The van der Waals surface area contributed by atoms with E-state index in [1.807, 2.05) is 12.1 Å². The highest BCUT2D eigenvalue weighted by Gasteiger charge is 2.28. The third-order valence-electron chi connectivity index (χ3n) is 3.13. The van der Waals surface area contributed by atoms with Crippen LogP contribution >= 0.6 is 23.2 Å². The van der Waals surface area contributed by atoms with Gasteiger partial charge in [0.25, 0.3) is 0 Å². The van der Waals surface area contributed by atoms with Crippen molar-refractivity contribution in [3.05, 3.63) is 33.8 Å². The molecule has 96 valence electrons. The Balaban J connectivity index is 2.92. The molecule has 0 saturated heterocycles. The number of aliphatic hydroxyl groups is 1. The SMILES string of the molecule is CCCC(CN)(CO)Cc1ccc(Cl)cc1Cl. The molecule has 0 fully saturated rings. The van der Waals surface area contributed by atoms with Gasteiger partial charge >= 0.3 is 0 Å². The van der Waals surface area contributed by atoms with Gasteiger partial charge in [-0.25, -0.2) is 0 Å². The number of hydrogen-bond acceptors (Lipinski definition) is 2. The quantitative estimate of drug-likeness (QED) is 0.837. The topological polar surface area (TPSA) is 46.2 Å². The zero-order chi connectivity index (χ0) is 12.9. The summed E-state index contributed by atoms with van der Waals surface area (Å²) >= 11 is 12.0. The fraction of sp³-hybridized carbons (Fsp3) is 0.538. The molecule has 0 amide bonds. The predicted molar refractivity (Wildman–Crippen MR) is 73.6 cm³/mol. The van der Waals surface area contributed by atoms with Crippen LogP contribution in [-0.4, -0.2) is 18.3 Å². The molecule has 1 atom stereocenters. The molecule has 4 heteroatoms. The fourth-order valence-corrected chi connectivity index (χ4v) is 2.54. The molecular formula is C13H19Cl2NO. The molecule has 1 unspecified atom stereocenters. The van der Waals surface area contributed by atoms with Crippen LogP contribution in [0.15, 0.2) is 18.2 Å². The lowest BCUT2D eigenvalue weighted by molar-refractivity contribution is 0.121. The average Bonchev–Trinajstić information content (AvgIpc) is 2.32. The van der Waals surface area contributed by atoms with E-state index in [1.54, 1.807) is 6.07 Å². The van der Waals surface area contributed by atoms with E-state index < -0.39 is 0 Å². The summed E-state index contributed by atoms with van der Waals surface area (Å²) in [5, 5.41) is 10.8. The maximum Gasteiger partial charge on any atom is 0.0502 e. The van der Waals surface area contributed by atoms with Gasteiger partial charge in [-0.15, -0.1) is 0 Å². The van der Waals surface area contributed by atoms with Crippen LogP contribution in [0.25, 0.3) is 0 Å². The summed E-state index contributed by atoms with van der Waals surface area (Å²) in [5.74, 6) is 0. The second-order valence-electron chi connectivity index (χ2n) is 4.52. The van der Waals surface area contributed by atoms with Crippen molar-refractivity contribution in [3.63, 3.8) is 0 Å². The van der Waals surface area contributed by atoms with Crippen LogP contribution in [0.4, 0.5) is 0 Å². The Hall–Kier alpha value is -0.280. The van der Waals surface area contributed by atoms with E-state index in [0.717, 1.165) is 18.4 Å². The van der Waals surface area contributed by atoms with E-state index in [2.05, 4.69) is 6.92 Å². The minimum Gasteiger partial charge on any atom is -0.396 e. The molecule has 0 aliphatic rings. The molecule has 0 aromatic heterocycles. The molecule has 1 aromatic carbocycles. The average molecular weight is 276 g/mol. The van der Waals surface area contributed by atoms with Crippen LogP contribution in [0.2, 0.25) is 10.0 Å². The number of rotatable bonds is 6. The molecule has 1 rings (SSSR count). The Morgan fingerprint density at radius 1 is 1.35 bits per heavy atom. The Morgan fingerprint density at radius 3 is 2.53 bits per heavy atom. The van der Waals surface area contributed by atoms with Crippen molar-refractivity contribution in [1.29, 1.82) is 0 Å². The molecule has 0 bridgehead atoms. The molecule has 0 radical (unpaired) electrons. The highest BCUT2D eigenvalue weighted by molar-refractivity contribution is 6.35. The van der Waals surface area contributed by atoms with Crippen molar-refractivity contribution in [2.45, 2.75) is 26.2 Å². The van der Waals surface area contributed by atoms with Crippen molar-refractivity contribution in [2.24, 2.45) is 11.1 Å². The minimum atomic E-state index is -0.272. The van der Waals surface area contributed by atoms with Gasteiger partial charge in [0, 0.05) is 22.0 Å². The lowest BCUT2D eigenvalue weighted by atomic mass is 9.78. The molecule has 1 aromatic rings. The summed E-state index contributed by atoms with van der Waals surface area (Å²) in [7, 11) is 0. The van der Waals surface area contributed by atoms with Gasteiger partial charge in [0.1, 0.15) is 0 Å². The molecule has 3 N–H and O–H groups in total. The normalized spacial score (nSPS) is 14.6. The van der Waals surface area contributed by atoms with Crippen LogP contribution in [0, 0.1) is 5.41 Å². The molecule has 0 aliphatic heterocycles. The van der Waals surface area contributed by atoms with Crippen molar-refractivity contribution in [2.75, 3.05) is 13.2 Å². The highest BCUT2D eigenvalue weighted by Crippen LogP contribution is 2.31. The van der Waals surface area contributed by atoms with Crippen molar-refractivity contribution < 1.29 is 5.11 Å². The Morgan fingerprint density at radius 2 is 2.06 bits per heavy atom. The zero-order valence-electron chi connectivity index (χ0n) is 10.0. The Bertz CT molecular complexity index is 364. The summed E-state index contributed by atoms with van der Waals surface area (Å²) in [6.07, 6.45) is 2.56. The zero-order valence-corrected chi connectivity index (χ0v) is 11.6. The first-order valence-electron chi connectivity index (χ1n) is 5.82. The number of aliphatic hydroxyl groups excluding tert-OH is 1. The lowest BCUT2D eigenvalue weighted by Gasteiger charge is -2.30. The van der Waals surface area contributed by atoms with Crippen LogP contribution < -0.4 is 5.73 Å². The van der Waals surface area contributed by atoms with E-state index in [-0.39, 0.29) is 12.0 Å². The minimum absolute atomic E-state index is 0.0797. The maximum absolute atomic E-state index is 9.57. The summed E-state index contributed by atoms with van der Waals surface area (Å²) in [6.45, 7) is 2.62. The second kappa shape index (κ2) is 6.60. The van der Waals surface area contributed by atoms with Gasteiger partial charge < -0.3 is 10.8 Å². The van der Waals surface area contributed by atoms with Crippen molar-refractivity contribution in [1.82, 2.24) is 0 Å². The highest BCUT2D eigenvalue weighted by atomic mass is 35.5. The fourth-order valence-electron chi connectivity index (χ4n) is 2.06. The van der Waals surface area contributed by atoms with Crippen molar-refractivity contribution >= 4 is 23.2 Å². The number of halogens is 2. The Kier molecular flexibility index (Phi) is 5.74. The summed E-state index contributed by atoms with van der Waals surface area (Å²) in [5.41, 5.74) is 6.52. The molecule has 17 heavy (non-hydrogen) atoms. The number of nitrogens with two attached hydrogens (primary N) is 1.